The third-order valence-corrected chi connectivity index (χ3v) is 2.60. The van der Waals surface area contributed by atoms with E-state index >= 15 is 0 Å². The number of nitrogen functional groups attached to an aromatic ring is 1. The van der Waals surface area contributed by atoms with Crippen LogP contribution in [0.15, 0.2) is 22.7 Å². The highest BCUT2D eigenvalue weighted by molar-refractivity contribution is 5.72. The molecule has 0 saturated carbocycles. The van der Waals surface area contributed by atoms with Crippen LogP contribution in [-0.2, 0) is 6.18 Å². The molecule has 0 unspecified atom stereocenters. The number of rotatable bonds is 3. The molecule has 0 fully saturated rings. The summed E-state index contributed by atoms with van der Waals surface area (Å²) in [5, 5.41) is 3.44. The second-order valence-corrected chi connectivity index (χ2v) is 3.87. The lowest BCUT2D eigenvalue weighted by atomic mass is 10.1. The molecular formula is C12H11F3N2O3. The van der Waals surface area contributed by atoms with Gasteiger partial charge in [0.15, 0.2) is 11.6 Å². The molecule has 1 aromatic carbocycles. The Hall–Kier alpha value is -2.38. The van der Waals surface area contributed by atoms with Gasteiger partial charge in [-0.2, -0.15) is 13.2 Å². The monoisotopic (exact) mass is 288 g/mol. The fourth-order valence-corrected chi connectivity index (χ4v) is 1.75. The largest absolute Gasteiger partial charge is 0.497 e. The molecule has 0 aliphatic rings. The van der Waals surface area contributed by atoms with Crippen molar-refractivity contribution in [2.24, 2.45) is 0 Å². The first-order chi connectivity index (χ1) is 9.36. The minimum absolute atomic E-state index is 0.0168. The van der Waals surface area contributed by atoms with E-state index in [-0.39, 0.29) is 28.6 Å². The number of anilines is 1. The molecule has 2 rings (SSSR count). The van der Waals surface area contributed by atoms with Crippen molar-refractivity contribution in [3.63, 3.8) is 0 Å². The Balaban J connectivity index is 2.72. The molecule has 2 aromatic rings. The van der Waals surface area contributed by atoms with Crippen molar-refractivity contribution >= 4 is 5.82 Å². The van der Waals surface area contributed by atoms with Gasteiger partial charge >= 0.3 is 6.18 Å². The summed E-state index contributed by atoms with van der Waals surface area (Å²) in [5.41, 5.74) is 4.49. The predicted octanol–water partition coefficient (Wildman–Crippen LogP) is 2.96. The molecule has 0 radical (unpaired) electrons. The molecule has 0 amide bonds. The van der Waals surface area contributed by atoms with E-state index < -0.39 is 11.7 Å². The summed E-state index contributed by atoms with van der Waals surface area (Å²) in [5.74, 6) is -0.250. The lowest BCUT2D eigenvalue weighted by Crippen LogP contribution is -2.09. The summed E-state index contributed by atoms with van der Waals surface area (Å²) >= 11 is 0. The highest BCUT2D eigenvalue weighted by Gasteiger charge is 2.37. The van der Waals surface area contributed by atoms with Gasteiger partial charge in [0, 0.05) is 6.07 Å². The molecule has 0 bridgehead atoms. The normalized spacial score (nSPS) is 11.4. The first-order valence-electron chi connectivity index (χ1n) is 5.42. The van der Waals surface area contributed by atoms with Crippen LogP contribution < -0.4 is 15.2 Å². The van der Waals surface area contributed by atoms with Gasteiger partial charge in [-0.1, -0.05) is 5.16 Å². The van der Waals surface area contributed by atoms with Gasteiger partial charge in [-0.15, -0.1) is 0 Å². The second-order valence-electron chi connectivity index (χ2n) is 3.87. The summed E-state index contributed by atoms with van der Waals surface area (Å²) in [6.07, 6.45) is -4.60. The van der Waals surface area contributed by atoms with E-state index in [9.17, 15) is 13.2 Å². The van der Waals surface area contributed by atoms with Gasteiger partial charge in [-0.3, -0.25) is 0 Å². The minimum Gasteiger partial charge on any atom is -0.497 e. The third-order valence-electron chi connectivity index (χ3n) is 2.60. The summed E-state index contributed by atoms with van der Waals surface area (Å²) in [4.78, 5) is 0. The van der Waals surface area contributed by atoms with Gasteiger partial charge in [0.25, 0.3) is 0 Å². The lowest BCUT2D eigenvalue weighted by Gasteiger charge is -2.16. The van der Waals surface area contributed by atoms with E-state index in [1.54, 1.807) is 0 Å². The maximum absolute atomic E-state index is 13.0. The quantitative estimate of drug-likeness (QED) is 0.940. The number of aromatic nitrogens is 1. The predicted molar refractivity (Wildman–Crippen MR) is 64.5 cm³/mol. The Morgan fingerprint density at radius 3 is 2.30 bits per heavy atom. The molecular weight excluding hydrogens is 277 g/mol. The van der Waals surface area contributed by atoms with E-state index in [0.29, 0.717) is 0 Å². The van der Waals surface area contributed by atoms with Crippen LogP contribution in [0, 0.1) is 0 Å². The van der Waals surface area contributed by atoms with Crippen molar-refractivity contribution in [2.45, 2.75) is 6.18 Å². The van der Waals surface area contributed by atoms with Crippen molar-refractivity contribution in [2.75, 3.05) is 20.0 Å². The molecule has 0 aliphatic carbocycles. The van der Waals surface area contributed by atoms with Crippen LogP contribution in [0.2, 0.25) is 0 Å². The van der Waals surface area contributed by atoms with E-state index in [0.717, 1.165) is 13.2 Å². The Morgan fingerprint density at radius 2 is 1.85 bits per heavy atom. The van der Waals surface area contributed by atoms with Crippen LogP contribution in [-0.4, -0.2) is 19.4 Å². The Bertz CT molecular complexity index is 623. The topological polar surface area (TPSA) is 70.5 Å². The number of hydrogen-bond acceptors (Lipinski definition) is 5. The number of methoxy groups -OCH3 is 2. The first kappa shape index (κ1) is 14.0. The number of nitrogens with zero attached hydrogens (tertiary/aromatic N) is 1. The molecule has 20 heavy (non-hydrogen) atoms. The number of ether oxygens (including phenoxy) is 2. The number of nitrogens with two attached hydrogens (primary N) is 1. The van der Waals surface area contributed by atoms with E-state index in [2.05, 4.69) is 5.16 Å². The molecule has 8 heteroatoms. The number of hydrogen-bond donors (Lipinski definition) is 1. The molecule has 1 heterocycles. The van der Waals surface area contributed by atoms with Gasteiger partial charge in [-0.05, 0) is 12.1 Å². The maximum Gasteiger partial charge on any atom is 0.420 e. The van der Waals surface area contributed by atoms with Gasteiger partial charge in [0.05, 0.1) is 19.8 Å². The molecule has 0 atom stereocenters. The molecule has 0 spiro atoms. The van der Waals surface area contributed by atoms with E-state index in [1.807, 2.05) is 0 Å². The zero-order valence-corrected chi connectivity index (χ0v) is 10.6. The van der Waals surface area contributed by atoms with Crippen molar-refractivity contribution in [3.05, 3.63) is 23.8 Å². The molecule has 5 nitrogen and oxygen atoms in total. The average molecular weight is 288 g/mol. The fraction of sp³-hybridized carbons (Fsp3) is 0.250. The Kier molecular flexibility index (Phi) is 3.47. The van der Waals surface area contributed by atoms with Crippen LogP contribution in [0.5, 0.6) is 11.5 Å². The fourth-order valence-electron chi connectivity index (χ4n) is 1.75. The number of halogens is 3. The summed E-state index contributed by atoms with van der Waals surface area (Å²) < 4.78 is 53.8. The van der Waals surface area contributed by atoms with E-state index in [4.69, 9.17) is 19.7 Å². The zero-order chi connectivity index (χ0) is 14.9. The third kappa shape index (κ3) is 2.49. The van der Waals surface area contributed by atoms with Crippen molar-refractivity contribution in [1.82, 2.24) is 5.16 Å². The maximum atomic E-state index is 13.0. The smallest absolute Gasteiger partial charge is 0.420 e. The van der Waals surface area contributed by atoms with Gasteiger partial charge in [0.2, 0.25) is 0 Å². The van der Waals surface area contributed by atoms with Crippen LogP contribution >= 0.6 is 0 Å². The lowest BCUT2D eigenvalue weighted by molar-refractivity contribution is -0.138. The zero-order valence-electron chi connectivity index (χ0n) is 10.6. The van der Waals surface area contributed by atoms with Crippen LogP contribution in [0.4, 0.5) is 19.0 Å². The van der Waals surface area contributed by atoms with Gasteiger partial charge < -0.3 is 19.7 Å². The number of benzene rings is 1. The SMILES string of the molecule is COc1cc(-c2cc(N)no2)c(OC)c(C(F)(F)F)c1. The summed E-state index contributed by atoms with van der Waals surface area (Å²) in [6.45, 7) is 0. The highest BCUT2D eigenvalue weighted by atomic mass is 19.4. The minimum atomic E-state index is -4.60. The van der Waals surface area contributed by atoms with E-state index in [1.165, 1.54) is 19.2 Å². The first-order valence-corrected chi connectivity index (χ1v) is 5.42. The number of alkyl halides is 3. The Morgan fingerprint density at radius 1 is 1.15 bits per heavy atom. The van der Waals surface area contributed by atoms with Crippen LogP contribution in [0.1, 0.15) is 5.56 Å². The molecule has 1 aromatic heterocycles. The average Bonchev–Trinajstić information content (AvgIpc) is 2.82. The van der Waals surface area contributed by atoms with Crippen molar-refractivity contribution < 1.29 is 27.2 Å². The van der Waals surface area contributed by atoms with Crippen molar-refractivity contribution in [1.29, 1.82) is 0 Å². The van der Waals surface area contributed by atoms with Crippen LogP contribution in [0.3, 0.4) is 0 Å². The Labute approximate surface area is 112 Å². The van der Waals surface area contributed by atoms with Crippen LogP contribution in [0.25, 0.3) is 11.3 Å². The second kappa shape index (κ2) is 4.95. The molecule has 0 saturated heterocycles. The van der Waals surface area contributed by atoms with Gasteiger partial charge in [-0.25, -0.2) is 0 Å². The summed E-state index contributed by atoms with van der Waals surface area (Å²) in [7, 11) is 2.40. The molecule has 2 N–H and O–H groups in total. The van der Waals surface area contributed by atoms with Gasteiger partial charge in [0.1, 0.15) is 17.1 Å². The molecule has 108 valence electrons. The van der Waals surface area contributed by atoms with Crippen molar-refractivity contribution in [3.8, 4) is 22.8 Å². The summed E-state index contributed by atoms with van der Waals surface area (Å²) in [6, 6.07) is 3.51. The standard InChI is InChI=1S/C12H11F3N2O3/c1-18-6-3-7(9-5-10(16)17-20-9)11(19-2)8(4-6)12(13,14)15/h3-5H,1-2H3,(H2,16,17). The molecule has 0 aliphatic heterocycles. The highest BCUT2D eigenvalue weighted by Crippen LogP contribution is 2.44.